The molecule has 6 heteroatoms. The standard InChI is InChI=1S/C14H14F3NO2/c1-8-5-9(20-2)3-4-10(8)11-7-18-13(6-12(11)19)14(15,16)17/h3-7,12,18-19H,1-2H3. The molecule has 0 aromatic heterocycles. The van der Waals surface area contributed by atoms with Gasteiger partial charge in [-0.3, -0.25) is 0 Å². The highest BCUT2D eigenvalue weighted by atomic mass is 19.4. The van der Waals surface area contributed by atoms with Gasteiger partial charge in [0.05, 0.1) is 7.11 Å². The first-order valence-corrected chi connectivity index (χ1v) is 5.91. The summed E-state index contributed by atoms with van der Waals surface area (Å²) in [5.41, 5.74) is 0.904. The van der Waals surface area contributed by atoms with Crippen molar-refractivity contribution in [2.75, 3.05) is 7.11 Å². The molecule has 1 aromatic rings. The molecule has 0 saturated heterocycles. The smallest absolute Gasteiger partial charge is 0.431 e. The molecule has 2 rings (SSSR count). The number of ether oxygens (including phenoxy) is 1. The predicted molar refractivity (Wildman–Crippen MR) is 69.0 cm³/mol. The summed E-state index contributed by atoms with van der Waals surface area (Å²) in [7, 11) is 1.53. The highest BCUT2D eigenvalue weighted by Crippen LogP contribution is 2.32. The Morgan fingerprint density at radius 1 is 1.30 bits per heavy atom. The molecule has 1 aliphatic rings. The fraction of sp³-hybridized carbons (Fsp3) is 0.286. The maximum atomic E-state index is 12.5. The lowest BCUT2D eigenvalue weighted by atomic mass is 9.94. The number of methoxy groups -OCH3 is 1. The van der Waals surface area contributed by atoms with Crippen LogP contribution in [-0.2, 0) is 0 Å². The summed E-state index contributed by atoms with van der Waals surface area (Å²) in [5.74, 6) is 0.650. The van der Waals surface area contributed by atoms with E-state index in [1.807, 2.05) is 0 Å². The first-order chi connectivity index (χ1) is 9.32. The van der Waals surface area contributed by atoms with Crippen LogP contribution < -0.4 is 10.1 Å². The van der Waals surface area contributed by atoms with Crippen molar-refractivity contribution < 1.29 is 23.0 Å². The summed E-state index contributed by atoms with van der Waals surface area (Å²) < 4.78 is 42.7. The quantitative estimate of drug-likeness (QED) is 0.878. The van der Waals surface area contributed by atoms with E-state index in [0.717, 1.165) is 11.6 Å². The van der Waals surface area contributed by atoms with Crippen LogP contribution in [0.2, 0.25) is 0 Å². The Balaban J connectivity index is 2.30. The van der Waals surface area contributed by atoms with Gasteiger partial charge in [-0.2, -0.15) is 13.2 Å². The molecular weight excluding hydrogens is 271 g/mol. The minimum atomic E-state index is -4.50. The van der Waals surface area contributed by atoms with Crippen LogP contribution in [0, 0.1) is 6.92 Å². The molecule has 0 fully saturated rings. The van der Waals surface area contributed by atoms with Crippen molar-refractivity contribution in [3.05, 3.63) is 47.3 Å². The maximum Gasteiger partial charge on any atom is 0.431 e. The zero-order valence-electron chi connectivity index (χ0n) is 11.0. The summed E-state index contributed by atoms with van der Waals surface area (Å²) in [5, 5.41) is 12.1. The van der Waals surface area contributed by atoms with Crippen molar-refractivity contribution in [2.24, 2.45) is 0 Å². The van der Waals surface area contributed by atoms with Crippen molar-refractivity contribution in [1.82, 2.24) is 5.32 Å². The van der Waals surface area contributed by atoms with Crippen LogP contribution in [0.3, 0.4) is 0 Å². The van der Waals surface area contributed by atoms with Gasteiger partial charge in [0.1, 0.15) is 17.6 Å². The molecule has 0 aliphatic carbocycles. The first-order valence-electron chi connectivity index (χ1n) is 5.91. The van der Waals surface area contributed by atoms with E-state index in [0.29, 0.717) is 16.9 Å². The number of hydrogen-bond donors (Lipinski definition) is 2. The van der Waals surface area contributed by atoms with Gasteiger partial charge in [-0.25, -0.2) is 0 Å². The minimum absolute atomic E-state index is 0.387. The number of benzene rings is 1. The van der Waals surface area contributed by atoms with E-state index in [2.05, 4.69) is 5.32 Å². The predicted octanol–water partition coefficient (Wildman–Crippen LogP) is 2.75. The second-order valence-corrected chi connectivity index (χ2v) is 4.45. The number of halogens is 3. The third kappa shape index (κ3) is 2.80. The van der Waals surface area contributed by atoms with Gasteiger partial charge < -0.3 is 15.2 Å². The van der Waals surface area contributed by atoms with Gasteiger partial charge in [0.15, 0.2) is 0 Å². The fourth-order valence-electron chi connectivity index (χ4n) is 2.04. The lowest BCUT2D eigenvalue weighted by molar-refractivity contribution is -0.0964. The number of aryl methyl sites for hydroxylation is 1. The number of alkyl halides is 3. The summed E-state index contributed by atoms with van der Waals surface area (Å²) in [6.07, 6.45) is -3.86. The van der Waals surface area contributed by atoms with Crippen molar-refractivity contribution in [3.63, 3.8) is 0 Å². The maximum absolute atomic E-state index is 12.5. The molecule has 0 amide bonds. The van der Waals surface area contributed by atoms with Crippen molar-refractivity contribution >= 4 is 5.57 Å². The monoisotopic (exact) mass is 285 g/mol. The lowest BCUT2D eigenvalue weighted by Gasteiger charge is -2.23. The van der Waals surface area contributed by atoms with Crippen LogP contribution in [0.1, 0.15) is 11.1 Å². The Bertz CT molecular complexity index is 576. The molecule has 1 unspecified atom stereocenters. The number of allylic oxidation sites excluding steroid dienone is 1. The number of aliphatic hydroxyl groups excluding tert-OH is 1. The number of rotatable bonds is 2. The van der Waals surface area contributed by atoms with E-state index < -0.39 is 18.0 Å². The van der Waals surface area contributed by atoms with Gasteiger partial charge in [-0.05, 0) is 36.3 Å². The fourth-order valence-corrected chi connectivity index (χ4v) is 2.04. The zero-order valence-corrected chi connectivity index (χ0v) is 11.0. The molecule has 1 heterocycles. The topological polar surface area (TPSA) is 41.5 Å². The summed E-state index contributed by atoms with van der Waals surface area (Å²) in [4.78, 5) is 0. The van der Waals surface area contributed by atoms with Crippen molar-refractivity contribution in [2.45, 2.75) is 19.2 Å². The van der Waals surface area contributed by atoms with E-state index >= 15 is 0 Å². The number of nitrogens with one attached hydrogen (secondary N) is 1. The molecular formula is C14H14F3NO2. The second kappa shape index (κ2) is 5.20. The first kappa shape index (κ1) is 14.5. The largest absolute Gasteiger partial charge is 0.497 e. The summed E-state index contributed by atoms with van der Waals surface area (Å²) in [6.45, 7) is 1.80. The van der Waals surface area contributed by atoms with E-state index in [1.165, 1.54) is 13.3 Å². The van der Waals surface area contributed by atoms with Gasteiger partial charge in [-0.1, -0.05) is 6.07 Å². The van der Waals surface area contributed by atoms with Gasteiger partial charge in [0.2, 0.25) is 0 Å². The van der Waals surface area contributed by atoms with Crippen molar-refractivity contribution in [1.29, 1.82) is 0 Å². The van der Waals surface area contributed by atoms with E-state index in [1.54, 1.807) is 25.1 Å². The average molecular weight is 285 g/mol. The molecule has 0 saturated carbocycles. The molecule has 3 nitrogen and oxygen atoms in total. The number of aliphatic hydroxyl groups is 1. The highest BCUT2D eigenvalue weighted by molar-refractivity contribution is 5.74. The molecule has 1 atom stereocenters. The molecule has 108 valence electrons. The Morgan fingerprint density at radius 3 is 2.50 bits per heavy atom. The Kier molecular flexibility index (Phi) is 3.76. The van der Waals surface area contributed by atoms with E-state index in [9.17, 15) is 18.3 Å². The van der Waals surface area contributed by atoms with Gasteiger partial charge in [0, 0.05) is 11.8 Å². The molecule has 2 N–H and O–H groups in total. The Labute approximate surface area is 114 Å². The third-order valence-corrected chi connectivity index (χ3v) is 3.08. The van der Waals surface area contributed by atoms with E-state index in [-0.39, 0.29) is 0 Å². The van der Waals surface area contributed by atoms with Gasteiger partial charge in [-0.15, -0.1) is 0 Å². The highest BCUT2D eigenvalue weighted by Gasteiger charge is 2.36. The minimum Gasteiger partial charge on any atom is -0.497 e. The van der Waals surface area contributed by atoms with Crippen LogP contribution >= 0.6 is 0 Å². The number of hydrogen-bond acceptors (Lipinski definition) is 3. The SMILES string of the molecule is COc1ccc(C2=CNC(C(F)(F)F)=CC2O)c(C)c1. The van der Waals surface area contributed by atoms with Gasteiger partial charge in [0.25, 0.3) is 0 Å². The second-order valence-electron chi connectivity index (χ2n) is 4.45. The molecule has 0 radical (unpaired) electrons. The summed E-state index contributed by atoms with van der Waals surface area (Å²) >= 11 is 0. The average Bonchev–Trinajstić information content (AvgIpc) is 2.38. The summed E-state index contributed by atoms with van der Waals surface area (Å²) in [6, 6.07) is 5.15. The van der Waals surface area contributed by atoms with E-state index in [4.69, 9.17) is 4.74 Å². The van der Waals surface area contributed by atoms with Gasteiger partial charge >= 0.3 is 6.18 Å². The Hall–Kier alpha value is -1.95. The van der Waals surface area contributed by atoms with Crippen LogP contribution in [0.15, 0.2) is 36.2 Å². The molecule has 0 bridgehead atoms. The van der Waals surface area contributed by atoms with Crippen LogP contribution in [0.25, 0.3) is 5.57 Å². The number of dihydropyridines is 1. The van der Waals surface area contributed by atoms with Crippen molar-refractivity contribution in [3.8, 4) is 5.75 Å². The molecule has 0 spiro atoms. The molecule has 20 heavy (non-hydrogen) atoms. The third-order valence-electron chi connectivity index (χ3n) is 3.08. The van der Waals surface area contributed by atoms with Crippen LogP contribution in [0.5, 0.6) is 5.75 Å². The molecule has 1 aromatic carbocycles. The normalized spacial score (nSPS) is 19.0. The Morgan fingerprint density at radius 2 is 2.00 bits per heavy atom. The van der Waals surface area contributed by atoms with Crippen LogP contribution in [0.4, 0.5) is 13.2 Å². The molecule has 1 aliphatic heterocycles. The lowest BCUT2D eigenvalue weighted by Crippen LogP contribution is -2.29. The zero-order chi connectivity index (χ0) is 14.9. The van der Waals surface area contributed by atoms with Crippen LogP contribution in [-0.4, -0.2) is 24.5 Å².